The van der Waals surface area contributed by atoms with E-state index in [2.05, 4.69) is 4.98 Å². The number of carbonyl (C=O) groups excluding carboxylic acids is 1. The van der Waals surface area contributed by atoms with Crippen LogP contribution in [-0.4, -0.2) is 34.2 Å². The Hall–Kier alpha value is -2.80. The van der Waals surface area contributed by atoms with Crippen LogP contribution in [0.1, 0.15) is 21.5 Å². The zero-order valence-corrected chi connectivity index (χ0v) is 15.8. The number of benzene rings is 2. The second-order valence-electron chi connectivity index (χ2n) is 6.42. The summed E-state index contributed by atoms with van der Waals surface area (Å²) >= 11 is 1.53. The maximum atomic E-state index is 13.2. The number of hydrogen-bond acceptors (Lipinski definition) is 5. The van der Waals surface area contributed by atoms with E-state index >= 15 is 0 Å². The van der Waals surface area contributed by atoms with Crippen LogP contribution in [0.5, 0.6) is 5.75 Å². The molecule has 138 valence electrons. The minimum absolute atomic E-state index is 0.0783. The van der Waals surface area contributed by atoms with Gasteiger partial charge in [0.1, 0.15) is 11.3 Å². The average molecular weight is 383 g/mol. The van der Waals surface area contributed by atoms with Gasteiger partial charge in [-0.25, -0.2) is 4.39 Å². The number of phenols is 1. The van der Waals surface area contributed by atoms with Gasteiger partial charge in [0, 0.05) is 43.5 Å². The number of aromatic nitrogens is 1. The highest BCUT2D eigenvalue weighted by Gasteiger charge is 2.35. The lowest BCUT2D eigenvalue weighted by atomic mass is 10.0. The molecule has 1 aliphatic heterocycles. The Kier molecular flexibility index (Phi) is 4.39. The van der Waals surface area contributed by atoms with Crippen LogP contribution in [0.15, 0.2) is 42.6 Å². The quantitative estimate of drug-likeness (QED) is 0.692. The molecule has 0 atom stereocenters. The van der Waals surface area contributed by atoms with Crippen molar-refractivity contribution < 1.29 is 14.3 Å². The number of halogens is 1. The second kappa shape index (κ2) is 6.74. The molecule has 1 aromatic heterocycles. The predicted molar refractivity (Wildman–Crippen MR) is 105 cm³/mol. The van der Waals surface area contributed by atoms with Gasteiger partial charge >= 0.3 is 0 Å². The Morgan fingerprint density at radius 1 is 1.30 bits per heavy atom. The van der Waals surface area contributed by atoms with Crippen molar-refractivity contribution in [3.05, 3.63) is 65.1 Å². The van der Waals surface area contributed by atoms with Gasteiger partial charge in [-0.3, -0.25) is 9.78 Å². The van der Waals surface area contributed by atoms with Crippen LogP contribution in [0, 0.1) is 5.82 Å². The van der Waals surface area contributed by atoms with E-state index in [9.17, 15) is 14.3 Å². The van der Waals surface area contributed by atoms with Crippen LogP contribution >= 0.6 is 11.9 Å². The van der Waals surface area contributed by atoms with Gasteiger partial charge in [0.2, 0.25) is 0 Å². The van der Waals surface area contributed by atoms with Crippen LogP contribution in [-0.2, 0) is 13.1 Å². The first kappa shape index (κ1) is 17.6. The van der Waals surface area contributed by atoms with Crippen molar-refractivity contribution >= 4 is 34.4 Å². The lowest BCUT2D eigenvalue weighted by Crippen LogP contribution is -2.23. The number of amides is 1. The third kappa shape index (κ3) is 2.88. The van der Waals surface area contributed by atoms with Gasteiger partial charge in [0.15, 0.2) is 5.75 Å². The molecule has 0 unspecified atom stereocenters. The number of phenolic OH excluding ortho intramolecular Hbond substituents is 1. The smallest absolute Gasteiger partial charge is 0.258 e. The summed E-state index contributed by atoms with van der Waals surface area (Å²) in [6.07, 6.45) is 3.56. The number of carbonyl (C=O) groups is 1. The predicted octanol–water partition coefficient (Wildman–Crippen LogP) is 3.95. The van der Waals surface area contributed by atoms with E-state index in [4.69, 9.17) is 0 Å². The van der Waals surface area contributed by atoms with Gasteiger partial charge in [-0.15, -0.1) is 0 Å². The van der Waals surface area contributed by atoms with Crippen LogP contribution in [0.3, 0.4) is 0 Å². The van der Waals surface area contributed by atoms with Gasteiger partial charge in [-0.05, 0) is 29.8 Å². The fourth-order valence-electron chi connectivity index (χ4n) is 3.52. The number of hydrogen-bond donors (Lipinski definition) is 1. The molecule has 0 saturated carbocycles. The zero-order valence-electron chi connectivity index (χ0n) is 14.9. The summed E-state index contributed by atoms with van der Waals surface area (Å²) in [5.41, 5.74) is 3.23. The van der Waals surface area contributed by atoms with E-state index in [1.165, 1.54) is 24.1 Å². The average Bonchev–Trinajstić information content (AvgIpc) is 3.00. The van der Waals surface area contributed by atoms with E-state index in [-0.39, 0.29) is 17.5 Å². The topological polar surface area (TPSA) is 56.7 Å². The number of aromatic hydroxyl groups is 1. The molecule has 0 fully saturated rings. The second-order valence-corrected chi connectivity index (χ2v) is 7.33. The molecule has 2 heterocycles. The molecule has 1 aliphatic rings. The lowest BCUT2D eigenvalue weighted by Gasteiger charge is -2.21. The Bertz CT molecular complexity index is 1040. The molecule has 0 aliphatic carbocycles. The fourth-order valence-corrected chi connectivity index (χ4v) is 3.91. The maximum Gasteiger partial charge on any atom is 0.258 e. The highest BCUT2D eigenvalue weighted by Crippen LogP contribution is 2.44. The van der Waals surface area contributed by atoms with Crippen LogP contribution in [0.25, 0.3) is 10.9 Å². The third-order valence-electron chi connectivity index (χ3n) is 4.84. The number of rotatable bonds is 4. The first-order valence-electron chi connectivity index (χ1n) is 8.45. The molecule has 3 aromatic rings. The van der Waals surface area contributed by atoms with E-state index in [1.54, 1.807) is 23.2 Å². The molecule has 0 saturated heterocycles. The SMILES string of the molecule is CSN(C)c1c2c(c(O)c3ncccc13)C(=O)N(Cc1ccc(F)cc1)C2. The Morgan fingerprint density at radius 2 is 2.04 bits per heavy atom. The molecule has 1 N–H and O–H groups in total. The normalized spacial score (nSPS) is 13.3. The maximum absolute atomic E-state index is 13.2. The molecule has 0 spiro atoms. The zero-order chi connectivity index (χ0) is 19.1. The summed E-state index contributed by atoms with van der Waals surface area (Å²) in [7, 11) is 1.93. The van der Waals surface area contributed by atoms with Crippen molar-refractivity contribution in [1.29, 1.82) is 0 Å². The molecule has 2 aromatic carbocycles. The van der Waals surface area contributed by atoms with Crippen molar-refractivity contribution in [2.24, 2.45) is 0 Å². The van der Waals surface area contributed by atoms with Crippen molar-refractivity contribution in [2.75, 3.05) is 17.6 Å². The van der Waals surface area contributed by atoms with Crippen molar-refractivity contribution in [1.82, 2.24) is 9.88 Å². The minimum atomic E-state index is -0.311. The number of anilines is 1. The first-order chi connectivity index (χ1) is 13.0. The van der Waals surface area contributed by atoms with Crippen LogP contribution < -0.4 is 4.31 Å². The standard InChI is InChI=1S/C20H18FN3O2S/c1-23(27-2)18-14-4-3-9-22-17(14)19(25)16-15(18)11-24(20(16)26)10-12-5-7-13(21)8-6-12/h3-9,25H,10-11H2,1-2H3. The molecule has 5 nitrogen and oxygen atoms in total. The summed E-state index contributed by atoms with van der Waals surface area (Å²) in [6, 6.07) is 9.81. The summed E-state index contributed by atoms with van der Waals surface area (Å²) in [6.45, 7) is 0.726. The summed E-state index contributed by atoms with van der Waals surface area (Å²) in [5.74, 6) is -0.630. The first-order valence-corrected chi connectivity index (χ1v) is 9.63. The highest BCUT2D eigenvalue weighted by atomic mass is 32.2. The van der Waals surface area contributed by atoms with Crippen LogP contribution in [0.2, 0.25) is 0 Å². The molecule has 0 bridgehead atoms. The van der Waals surface area contributed by atoms with Gasteiger partial charge in [0.05, 0.1) is 11.3 Å². The van der Waals surface area contributed by atoms with Gasteiger partial charge in [-0.1, -0.05) is 24.1 Å². The summed E-state index contributed by atoms with van der Waals surface area (Å²) < 4.78 is 15.1. The molecule has 0 radical (unpaired) electrons. The Labute approximate surface area is 160 Å². The number of fused-ring (bicyclic) bond motifs is 2. The molecule has 7 heteroatoms. The fraction of sp³-hybridized carbons (Fsp3) is 0.200. The van der Waals surface area contributed by atoms with Crippen molar-refractivity contribution in [3.63, 3.8) is 0 Å². The highest BCUT2D eigenvalue weighted by molar-refractivity contribution is 7.99. The third-order valence-corrected chi connectivity index (χ3v) is 5.57. The minimum Gasteiger partial charge on any atom is -0.505 e. The molecular formula is C20H18FN3O2S. The molecule has 27 heavy (non-hydrogen) atoms. The van der Waals surface area contributed by atoms with Gasteiger partial charge in [0.25, 0.3) is 5.91 Å². The number of pyridine rings is 1. The van der Waals surface area contributed by atoms with Gasteiger partial charge in [-0.2, -0.15) is 0 Å². The largest absolute Gasteiger partial charge is 0.505 e. The lowest BCUT2D eigenvalue weighted by molar-refractivity contribution is 0.0764. The summed E-state index contributed by atoms with van der Waals surface area (Å²) in [5, 5.41) is 11.6. The Balaban J connectivity index is 1.83. The van der Waals surface area contributed by atoms with Crippen LogP contribution in [0.4, 0.5) is 10.1 Å². The van der Waals surface area contributed by atoms with Gasteiger partial charge < -0.3 is 14.3 Å². The van der Waals surface area contributed by atoms with Crippen molar-refractivity contribution in [3.8, 4) is 5.75 Å². The van der Waals surface area contributed by atoms with E-state index in [1.807, 2.05) is 29.7 Å². The summed E-state index contributed by atoms with van der Waals surface area (Å²) in [4.78, 5) is 19.0. The number of nitrogens with zero attached hydrogens (tertiary/aromatic N) is 3. The monoisotopic (exact) mass is 383 g/mol. The van der Waals surface area contributed by atoms with E-state index in [0.29, 0.717) is 24.2 Å². The molecule has 1 amide bonds. The Morgan fingerprint density at radius 3 is 2.74 bits per heavy atom. The molecule has 4 rings (SSSR count). The van der Waals surface area contributed by atoms with E-state index in [0.717, 1.165) is 22.2 Å². The van der Waals surface area contributed by atoms with E-state index < -0.39 is 0 Å². The molecular weight excluding hydrogens is 365 g/mol. The van der Waals surface area contributed by atoms with Crippen molar-refractivity contribution in [2.45, 2.75) is 13.1 Å².